The van der Waals surface area contributed by atoms with E-state index in [1.807, 2.05) is 12.1 Å². The van der Waals surface area contributed by atoms with Gasteiger partial charge in [-0.1, -0.05) is 11.6 Å². The predicted molar refractivity (Wildman–Crippen MR) is 106 cm³/mol. The van der Waals surface area contributed by atoms with Crippen molar-refractivity contribution in [2.75, 3.05) is 65.5 Å². The van der Waals surface area contributed by atoms with Crippen molar-refractivity contribution in [1.29, 1.82) is 0 Å². The zero-order valence-electron chi connectivity index (χ0n) is 15.9. The van der Waals surface area contributed by atoms with E-state index in [1.165, 1.54) is 12.2 Å². The van der Waals surface area contributed by atoms with Crippen LogP contribution < -0.4 is 4.90 Å². The number of hydrogen-bond acceptors (Lipinski definition) is 6. The molecule has 0 saturated carbocycles. The lowest BCUT2D eigenvalue weighted by molar-refractivity contribution is -0.0756. The third kappa shape index (κ3) is 4.16. The third-order valence-electron chi connectivity index (χ3n) is 4.91. The first-order chi connectivity index (χ1) is 13.1. The average molecular weight is 393 g/mol. The molecule has 0 radical (unpaired) electrons. The molecule has 0 N–H and O–H groups in total. The quantitative estimate of drug-likeness (QED) is 0.703. The molecule has 3 rings (SSSR count). The Morgan fingerprint density at radius 2 is 2.04 bits per heavy atom. The standard InChI is InChI=1S/C19H25ClN4O3/c1-22(27-3)19(25)15-13-16(20)14-5-4-6-21-17(14)18(15)24-9-7-23(8-10-24)11-12-26-2/h4-6,13H,7-12H2,1-3H3. The number of amides is 1. The lowest BCUT2D eigenvalue weighted by Gasteiger charge is -2.37. The van der Waals surface area contributed by atoms with Crippen molar-refractivity contribution in [3.63, 3.8) is 0 Å². The van der Waals surface area contributed by atoms with Crippen LogP contribution in [0.3, 0.4) is 0 Å². The van der Waals surface area contributed by atoms with Gasteiger partial charge in [0.15, 0.2) is 0 Å². The Kier molecular flexibility index (Phi) is 6.49. The highest BCUT2D eigenvalue weighted by Crippen LogP contribution is 2.35. The van der Waals surface area contributed by atoms with Gasteiger partial charge in [-0.25, -0.2) is 5.06 Å². The van der Waals surface area contributed by atoms with Gasteiger partial charge >= 0.3 is 0 Å². The molecule has 1 aromatic heterocycles. The number of carbonyl (C=O) groups is 1. The number of aromatic nitrogens is 1. The summed E-state index contributed by atoms with van der Waals surface area (Å²) in [6.45, 7) is 5.01. The molecular weight excluding hydrogens is 368 g/mol. The van der Waals surface area contributed by atoms with E-state index in [9.17, 15) is 4.79 Å². The van der Waals surface area contributed by atoms with Crippen LogP contribution in [0.1, 0.15) is 10.4 Å². The molecule has 1 aromatic carbocycles. The number of hydrogen-bond donors (Lipinski definition) is 0. The second kappa shape index (κ2) is 8.84. The molecule has 7 nitrogen and oxygen atoms in total. The zero-order valence-corrected chi connectivity index (χ0v) is 16.7. The summed E-state index contributed by atoms with van der Waals surface area (Å²) in [6, 6.07) is 5.50. The highest BCUT2D eigenvalue weighted by molar-refractivity contribution is 6.36. The number of pyridine rings is 1. The van der Waals surface area contributed by atoms with Crippen LogP contribution in [-0.4, -0.2) is 81.5 Å². The fourth-order valence-electron chi connectivity index (χ4n) is 3.34. The molecular formula is C19H25ClN4O3. The van der Waals surface area contributed by atoms with Crippen molar-refractivity contribution < 1.29 is 14.4 Å². The molecule has 0 bridgehead atoms. The van der Waals surface area contributed by atoms with Crippen LogP contribution in [0.5, 0.6) is 0 Å². The minimum Gasteiger partial charge on any atom is -0.383 e. The molecule has 1 amide bonds. The van der Waals surface area contributed by atoms with Gasteiger partial charge < -0.3 is 9.64 Å². The van der Waals surface area contributed by atoms with E-state index in [2.05, 4.69) is 14.8 Å². The van der Waals surface area contributed by atoms with Crippen LogP contribution in [0.25, 0.3) is 10.9 Å². The Morgan fingerprint density at radius 3 is 2.70 bits per heavy atom. The summed E-state index contributed by atoms with van der Waals surface area (Å²) < 4.78 is 5.17. The smallest absolute Gasteiger partial charge is 0.279 e. The van der Waals surface area contributed by atoms with Gasteiger partial charge in [-0.15, -0.1) is 0 Å². The van der Waals surface area contributed by atoms with Gasteiger partial charge in [0.2, 0.25) is 0 Å². The third-order valence-corrected chi connectivity index (χ3v) is 5.22. The second-order valence-corrected chi connectivity index (χ2v) is 6.87. The van der Waals surface area contributed by atoms with E-state index in [4.69, 9.17) is 21.2 Å². The van der Waals surface area contributed by atoms with Crippen LogP contribution in [-0.2, 0) is 9.57 Å². The van der Waals surface area contributed by atoms with E-state index >= 15 is 0 Å². The molecule has 8 heteroatoms. The van der Waals surface area contributed by atoms with Gasteiger partial charge in [0.25, 0.3) is 5.91 Å². The van der Waals surface area contributed by atoms with Gasteiger partial charge in [0.1, 0.15) is 0 Å². The number of carbonyl (C=O) groups excluding carboxylic acids is 1. The number of halogens is 1. The summed E-state index contributed by atoms with van der Waals surface area (Å²) in [6.07, 6.45) is 1.73. The molecule has 1 aliphatic rings. The van der Waals surface area contributed by atoms with Gasteiger partial charge in [-0.05, 0) is 18.2 Å². The molecule has 0 unspecified atom stereocenters. The van der Waals surface area contributed by atoms with E-state index < -0.39 is 0 Å². The first-order valence-corrected chi connectivity index (χ1v) is 9.30. The molecule has 146 valence electrons. The number of fused-ring (bicyclic) bond motifs is 1. The number of anilines is 1. The summed E-state index contributed by atoms with van der Waals surface area (Å²) in [7, 11) is 4.77. The molecule has 0 aliphatic carbocycles. The molecule has 2 heterocycles. The maximum absolute atomic E-state index is 12.9. The van der Waals surface area contributed by atoms with Crippen molar-refractivity contribution in [3.8, 4) is 0 Å². The van der Waals surface area contributed by atoms with Gasteiger partial charge in [-0.2, -0.15) is 0 Å². The number of rotatable bonds is 6. The lowest BCUT2D eigenvalue weighted by Crippen LogP contribution is -2.48. The highest BCUT2D eigenvalue weighted by Gasteiger charge is 2.27. The number of ether oxygens (including phenoxy) is 1. The number of piperazine rings is 1. The summed E-state index contributed by atoms with van der Waals surface area (Å²) >= 11 is 6.45. The average Bonchev–Trinajstić information content (AvgIpc) is 2.71. The summed E-state index contributed by atoms with van der Waals surface area (Å²) in [5.74, 6) is -0.247. The van der Waals surface area contributed by atoms with Crippen LogP contribution in [0.15, 0.2) is 24.4 Å². The molecule has 1 saturated heterocycles. The van der Waals surface area contributed by atoms with Crippen molar-refractivity contribution in [2.24, 2.45) is 0 Å². The van der Waals surface area contributed by atoms with E-state index in [0.29, 0.717) is 17.2 Å². The number of methoxy groups -OCH3 is 1. The van der Waals surface area contributed by atoms with Gasteiger partial charge in [-0.3, -0.25) is 19.5 Å². The second-order valence-electron chi connectivity index (χ2n) is 6.46. The SMILES string of the molecule is COCCN1CCN(c2c(C(=O)N(C)OC)cc(Cl)c3cccnc23)CC1. The largest absolute Gasteiger partial charge is 0.383 e. The Bertz CT molecular complexity index is 809. The number of nitrogens with zero attached hydrogens (tertiary/aromatic N) is 4. The molecule has 1 fully saturated rings. The lowest BCUT2D eigenvalue weighted by atomic mass is 10.0. The molecule has 2 aromatic rings. The molecule has 27 heavy (non-hydrogen) atoms. The maximum Gasteiger partial charge on any atom is 0.279 e. The van der Waals surface area contributed by atoms with Gasteiger partial charge in [0.05, 0.1) is 35.5 Å². The van der Waals surface area contributed by atoms with Gasteiger partial charge in [0, 0.05) is 58.5 Å². The monoisotopic (exact) mass is 392 g/mol. The van der Waals surface area contributed by atoms with Crippen LogP contribution >= 0.6 is 11.6 Å². The van der Waals surface area contributed by atoms with Crippen LogP contribution in [0.4, 0.5) is 5.69 Å². The predicted octanol–water partition coefficient (Wildman–Crippen LogP) is 2.29. The fourth-order valence-corrected chi connectivity index (χ4v) is 3.60. The summed E-state index contributed by atoms with van der Waals surface area (Å²) in [4.78, 5) is 27.1. The van der Waals surface area contributed by atoms with Crippen molar-refractivity contribution in [1.82, 2.24) is 14.9 Å². The van der Waals surface area contributed by atoms with E-state index in [0.717, 1.165) is 49.3 Å². The van der Waals surface area contributed by atoms with Crippen molar-refractivity contribution in [2.45, 2.75) is 0 Å². The first kappa shape index (κ1) is 19.8. The minimum atomic E-state index is -0.247. The fraction of sp³-hybridized carbons (Fsp3) is 0.474. The number of hydroxylamine groups is 2. The Balaban J connectivity index is 2.00. The maximum atomic E-state index is 12.9. The molecule has 1 aliphatic heterocycles. The zero-order chi connectivity index (χ0) is 19.4. The first-order valence-electron chi connectivity index (χ1n) is 8.92. The highest BCUT2D eigenvalue weighted by atomic mass is 35.5. The molecule has 0 atom stereocenters. The Morgan fingerprint density at radius 1 is 1.30 bits per heavy atom. The summed E-state index contributed by atoms with van der Waals surface area (Å²) in [5.41, 5.74) is 2.05. The molecule has 0 spiro atoms. The Labute approximate surface area is 164 Å². The Hall–Kier alpha value is -1.93. The normalized spacial score (nSPS) is 15.3. The van der Waals surface area contributed by atoms with Crippen molar-refractivity contribution in [3.05, 3.63) is 35.0 Å². The topological polar surface area (TPSA) is 58.1 Å². The van der Waals surface area contributed by atoms with E-state index in [1.54, 1.807) is 26.4 Å². The van der Waals surface area contributed by atoms with Crippen LogP contribution in [0, 0.1) is 0 Å². The number of benzene rings is 1. The van der Waals surface area contributed by atoms with E-state index in [-0.39, 0.29) is 5.91 Å². The van der Waals surface area contributed by atoms with Crippen molar-refractivity contribution >= 4 is 34.1 Å². The summed E-state index contributed by atoms with van der Waals surface area (Å²) in [5, 5.41) is 2.56. The minimum absolute atomic E-state index is 0.247. The van der Waals surface area contributed by atoms with Crippen LogP contribution in [0.2, 0.25) is 5.02 Å².